The Bertz CT molecular complexity index is 981. The summed E-state index contributed by atoms with van der Waals surface area (Å²) in [6.07, 6.45) is 7.70. The summed E-state index contributed by atoms with van der Waals surface area (Å²) in [5.41, 5.74) is 0.379. The SMILES string of the molecule is CN(C)C(CCn1ccnc1)Cc1ccc2cc(OCC(C)(C)C(=O)O)ccc2c1. The van der Waals surface area contributed by atoms with E-state index in [2.05, 4.69) is 46.7 Å². The third-order valence-corrected chi connectivity index (χ3v) is 5.54. The molecule has 160 valence electrons. The lowest BCUT2D eigenvalue weighted by Gasteiger charge is -2.25. The highest BCUT2D eigenvalue weighted by atomic mass is 16.5. The standard InChI is InChI=1S/C24H31N3O3/c1-24(2,23(28)29)16-30-22-8-7-19-13-18(5-6-20(19)15-22)14-21(26(3)4)9-11-27-12-10-25-17-27/h5-8,10,12-13,15,17,21H,9,11,14,16H2,1-4H3,(H,28,29). The Labute approximate surface area is 178 Å². The van der Waals surface area contributed by atoms with Crippen LogP contribution in [0.15, 0.2) is 55.1 Å². The van der Waals surface area contributed by atoms with Crippen molar-refractivity contribution in [3.05, 3.63) is 60.7 Å². The first kappa shape index (κ1) is 21.8. The highest BCUT2D eigenvalue weighted by Crippen LogP contribution is 2.25. The van der Waals surface area contributed by atoms with Crippen molar-refractivity contribution < 1.29 is 14.6 Å². The first-order chi connectivity index (χ1) is 14.2. The molecular formula is C24H31N3O3. The summed E-state index contributed by atoms with van der Waals surface area (Å²) in [4.78, 5) is 17.6. The normalized spacial score (nSPS) is 13.0. The van der Waals surface area contributed by atoms with Gasteiger partial charge < -0.3 is 19.3 Å². The lowest BCUT2D eigenvalue weighted by atomic mass is 9.95. The third-order valence-electron chi connectivity index (χ3n) is 5.54. The van der Waals surface area contributed by atoms with Gasteiger partial charge in [0.25, 0.3) is 0 Å². The van der Waals surface area contributed by atoms with Crippen LogP contribution in [0.1, 0.15) is 25.8 Å². The molecule has 0 bridgehead atoms. The summed E-state index contributed by atoms with van der Waals surface area (Å²) in [6.45, 7) is 4.41. The van der Waals surface area contributed by atoms with E-state index in [0.717, 1.165) is 30.2 Å². The quantitative estimate of drug-likeness (QED) is 0.546. The molecule has 0 fully saturated rings. The Hall–Kier alpha value is -2.86. The fraction of sp³-hybridized carbons (Fsp3) is 0.417. The van der Waals surface area contributed by atoms with Gasteiger partial charge in [-0.05, 0) is 69.3 Å². The number of ether oxygens (including phenoxy) is 1. The molecule has 0 spiro atoms. The second-order valence-electron chi connectivity index (χ2n) is 8.73. The van der Waals surface area contributed by atoms with E-state index in [0.29, 0.717) is 11.8 Å². The zero-order valence-electron chi connectivity index (χ0n) is 18.2. The second-order valence-corrected chi connectivity index (χ2v) is 8.73. The molecule has 0 radical (unpaired) electrons. The van der Waals surface area contributed by atoms with Gasteiger partial charge in [-0.1, -0.05) is 24.3 Å². The van der Waals surface area contributed by atoms with E-state index < -0.39 is 11.4 Å². The van der Waals surface area contributed by atoms with Crippen LogP contribution < -0.4 is 4.74 Å². The molecule has 3 aromatic rings. The van der Waals surface area contributed by atoms with Crippen LogP contribution in [0.5, 0.6) is 5.75 Å². The van der Waals surface area contributed by atoms with Crippen molar-refractivity contribution in [2.45, 2.75) is 39.3 Å². The third kappa shape index (κ3) is 5.60. The van der Waals surface area contributed by atoms with Crippen molar-refractivity contribution in [3.63, 3.8) is 0 Å². The van der Waals surface area contributed by atoms with Crippen LogP contribution >= 0.6 is 0 Å². The van der Waals surface area contributed by atoms with Crippen LogP contribution in [0.4, 0.5) is 0 Å². The van der Waals surface area contributed by atoms with Gasteiger partial charge >= 0.3 is 5.97 Å². The number of aryl methyl sites for hydroxylation is 1. The van der Waals surface area contributed by atoms with Gasteiger partial charge in [0.05, 0.1) is 11.7 Å². The lowest BCUT2D eigenvalue weighted by molar-refractivity contribution is -0.148. The first-order valence-corrected chi connectivity index (χ1v) is 10.3. The molecule has 1 heterocycles. The lowest BCUT2D eigenvalue weighted by Crippen LogP contribution is -2.31. The largest absolute Gasteiger partial charge is 0.492 e. The minimum Gasteiger partial charge on any atom is -0.492 e. The summed E-state index contributed by atoms with van der Waals surface area (Å²) in [7, 11) is 4.25. The van der Waals surface area contributed by atoms with Crippen LogP contribution in [0.3, 0.4) is 0 Å². The molecule has 1 unspecified atom stereocenters. The summed E-state index contributed by atoms with van der Waals surface area (Å²) < 4.78 is 7.85. The average Bonchev–Trinajstić information content (AvgIpc) is 3.22. The number of rotatable bonds is 10. The summed E-state index contributed by atoms with van der Waals surface area (Å²) in [5, 5.41) is 11.5. The van der Waals surface area contributed by atoms with E-state index in [9.17, 15) is 9.90 Å². The Balaban J connectivity index is 1.67. The van der Waals surface area contributed by atoms with Crippen molar-refractivity contribution in [1.82, 2.24) is 14.5 Å². The van der Waals surface area contributed by atoms with Crippen molar-refractivity contribution in [1.29, 1.82) is 0 Å². The predicted octanol–water partition coefficient (Wildman–Crippen LogP) is 4.09. The van der Waals surface area contributed by atoms with Gasteiger partial charge in [-0.2, -0.15) is 0 Å². The van der Waals surface area contributed by atoms with Gasteiger partial charge in [0, 0.05) is 25.0 Å². The molecule has 1 N–H and O–H groups in total. The Morgan fingerprint density at radius 1 is 1.20 bits per heavy atom. The monoisotopic (exact) mass is 409 g/mol. The van der Waals surface area contributed by atoms with Crippen LogP contribution in [-0.4, -0.2) is 52.3 Å². The molecule has 3 rings (SSSR count). The predicted molar refractivity (Wildman–Crippen MR) is 119 cm³/mol. The number of carboxylic acids is 1. The van der Waals surface area contributed by atoms with Gasteiger partial charge in [-0.3, -0.25) is 4.79 Å². The number of imidazole rings is 1. The van der Waals surface area contributed by atoms with E-state index in [-0.39, 0.29) is 6.61 Å². The Morgan fingerprint density at radius 3 is 2.60 bits per heavy atom. The summed E-state index contributed by atoms with van der Waals surface area (Å²) in [6, 6.07) is 12.9. The molecule has 1 atom stereocenters. The van der Waals surface area contributed by atoms with Gasteiger partial charge in [-0.25, -0.2) is 4.98 Å². The number of carboxylic acid groups (broad SMARTS) is 1. The van der Waals surface area contributed by atoms with Crippen LogP contribution in [0, 0.1) is 5.41 Å². The van der Waals surface area contributed by atoms with Crippen LogP contribution in [-0.2, 0) is 17.8 Å². The number of benzene rings is 2. The number of hydrogen-bond acceptors (Lipinski definition) is 4. The maximum Gasteiger partial charge on any atom is 0.312 e. The van der Waals surface area contributed by atoms with Crippen molar-refractivity contribution in [2.75, 3.05) is 20.7 Å². The van der Waals surface area contributed by atoms with Crippen molar-refractivity contribution in [2.24, 2.45) is 5.41 Å². The molecule has 2 aromatic carbocycles. The number of carbonyl (C=O) groups is 1. The fourth-order valence-corrected chi connectivity index (χ4v) is 3.35. The molecule has 6 heteroatoms. The van der Waals surface area contributed by atoms with Crippen molar-refractivity contribution >= 4 is 16.7 Å². The van der Waals surface area contributed by atoms with Gasteiger partial charge in [0.2, 0.25) is 0 Å². The van der Waals surface area contributed by atoms with E-state index >= 15 is 0 Å². The number of fused-ring (bicyclic) bond motifs is 1. The molecule has 0 saturated carbocycles. The highest BCUT2D eigenvalue weighted by Gasteiger charge is 2.28. The molecule has 0 saturated heterocycles. The molecule has 0 aliphatic rings. The zero-order chi connectivity index (χ0) is 21.7. The molecule has 30 heavy (non-hydrogen) atoms. The zero-order valence-corrected chi connectivity index (χ0v) is 18.2. The highest BCUT2D eigenvalue weighted by molar-refractivity contribution is 5.84. The second kappa shape index (κ2) is 9.30. The molecule has 1 aromatic heterocycles. The van der Waals surface area contributed by atoms with E-state index in [1.807, 2.05) is 36.9 Å². The van der Waals surface area contributed by atoms with E-state index in [4.69, 9.17) is 4.74 Å². The molecule has 0 amide bonds. The van der Waals surface area contributed by atoms with Crippen LogP contribution in [0.25, 0.3) is 10.8 Å². The molecule has 0 aliphatic carbocycles. The van der Waals surface area contributed by atoms with Gasteiger partial charge in [-0.15, -0.1) is 0 Å². The molecule has 0 aliphatic heterocycles. The van der Waals surface area contributed by atoms with Crippen molar-refractivity contribution in [3.8, 4) is 5.75 Å². The number of hydrogen-bond donors (Lipinski definition) is 1. The number of nitrogens with zero attached hydrogens (tertiary/aromatic N) is 3. The minimum absolute atomic E-state index is 0.132. The van der Waals surface area contributed by atoms with E-state index in [1.54, 1.807) is 13.8 Å². The maximum absolute atomic E-state index is 11.3. The smallest absolute Gasteiger partial charge is 0.312 e. The number of likely N-dealkylation sites (N-methyl/N-ethyl adjacent to an activating group) is 1. The summed E-state index contributed by atoms with van der Waals surface area (Å²) >= 11 is 0. The first-order valence-electron chi connectivity index (χ1n) is 10.3. The minimum atomic E-state index is -0.920. The average molecular weight is 410 g/mol. The number of aromatic nitrogens is 2. The Kier molecular flexibility index (Phi) is 6.77. The summed E-state index contributed by atoms with van der Waals surface area (Å²) in [5.74, 6) is -0.174. The Morgan fingerprint density at radius 2 is 1.93 bits per heavy atom. The van der Waals surface area contributed by atoms with Crippen LogP contribution in [0.2, 0.25) is 0 Å². The maximum atomic E-state index is 11.3. The fourth-order valence-electron chi connectivity index (χ4n) is 3.35. The van der Waals surface area contributed by atoms with E-state index in [1.165, 1.54) is 5.56 Å². The topological polar surface area (TPSA) is 67.6 Å². The van der Waals surface area contributed by atoms with Gasteiger partial charge in [0.1, 0.15) is 12.4 Å². The van der Waals surface area contributed by atoms with Gasteiger partial charge in [0.15, 0.2) is 0 Å². The molecular weight excluding hydrogens is 378 g/mol. The molecule has 6 nitrogen and oxygen atoms in total. The number of aliphatic carboxylic acids is 1.